The Morgan fingerprint density at radius 1 is 1.19 bits per heavy atom. The van der Waals surface area contributed by atoms with Crippen molar-refractivity contribution in [2.24, 2.45) is 5.73 Å². The normalized spacial score (nSPS) is 14.8. The quantitative estimate of drug-likeness (QED) is 0.611. The molecule has 0 aromatic heterocycles. The summed E-state index contributed by atoms with van der Waals surface area (Å²) in [4.78, 5) is 48.0. The summed E-state index contributed by atoms with van der Waals surface area (Å²) in [6.07, 6.45) is -0.176. The molecule has 1 heterocycles. The third-order valence-electron chi connectivity index (χ3n) is 3.32. The van der Waals surface area contributed by atoms with E-state index in [1.165, 1.54) is 19.2 Å². The molecule has 0 fully saturated rings. The number of nitrogens with zero attached hydrogens (tertiary/aromatic N) is 1. The van der Waals surface area contributed by atoms with E-state index in [-0.39, 0.29) is 24.0 Å². The van der Waals surface area contributed by atoms with Gasteiger partial charge in [-0.15, -0.1) is 0 Å². The van der Waals surface area contributed by atoms with Crippen LogP contribution in [0.15, 0.2) is 24.3 Å². The number of hydrogen-bond donors (Lipinski definition) is 1. The maximum absolute atomic E-state index is 12.2. The van der Waals surface area contributed by atoms with E-state index in [1.54, 1.807) is 12.1 Å². The van der Waals surface area contributed by atoms with E-state index in [0.29, 0.717) is 0 Å². The Kier molecular flexibility index (Phi) is 4.02. The number of hydrogen-bond acceptors (Lipinski definition) is 5. The molecule has 7 nitrogen and oxygen atoms in total. The highest BCUT2D eigenvalue weighted by Gasteiger charge is 2.41. The molecule has 0 saturated heterocycles. The SMILES string of the molecule is COC(=O)CC[C@H](C(N)=O)N1C(=O)c2ccccc2C1=O. The van der Waals surface area contributed by atoms with Gasteiger partial charge in [-0.05, 0) is 18.6 Å². The van der Waals surface area contributed by atoms with E-state index < -0.39 is 29.7 Å². The van der Waals surface area contributed by atoms with Crippen LogP contribution in [0.4, 0.5) is 0 Å². The number of carbonyl (C=O) groups excluding carboxylic acids is 4. The molecule has 1 aliphatic rings. The van der Waals surface area contributed by atoms with Crippen molar-refractivity contribution < 1.29 is 23.9 Å². The largest absolute Gasteiger partial charge is 0.469 e. The molecule has 0 radical (unpaired) electrons. The van der Waals surface area contributed by atoms with Crippen molar-refractivity contribution in [1.29, 1.82) is 0 Å². The van der Waals surface area contributed by atoms with Crippen LogP contribution >= 0.6 is 0 Å². The number of primary amides is 1. The second kappa shape index (κ2) is 5.74. The van der Waals surface area contributed by atoms with Gasteiger partial charge in [0.05, 0.1) is 18.2 Å². The van der Waals surface area contributed by atoms with Crippen LogP contribution in [0.1, 0.15) is 33.6 Å². The summed E-state index contributed by atoms with van der Waals surface area (Å²) >= 11 is 0. The first-order chi connectivity index (χ1) is 9.97. The van der Waals surface area contributed by atoms with E-state index in [4.69, 9.17) is 5.73 Å². The van der Waals surface area contributed by atoms with Gasteiger partial charge in [-0.3, -0.25) is 24.1 Å². The number of nitrogens with two attached hydrogens (primary N) is 1. The van der Waals surface area contributed by atoms with Gasteiger partial charge in [-0.25, -0.2) is 0 Å². The molecule has 21 heavy (non-hydrogen) atoms. The molecule has 1 atom stereocenters. The summed E-state index contributed by atoms with van der Waals surface area (Å²) in [5.41, 5.74) is 5.72. The van der Waals surface area contributed by atoms with Crippen molar-refractivity contribution in [3.8, 4) is 0 Å². The Hall–Kier alpha value is -2.70. The second-order valence-electron chi connectivity index (χ2n) is 4.56. The van der Waals surface area contributed by atoms with Gasteiger partial charge in [-0.1, -0.05) is 12.1 Å². The van der Waals surface area contributed by atoms with Crippen LogP contribution in [0.2, 0.25) is 0 Å². The zero-order chi connectivity index (χ0) is 15.6. The molecule has 0 aliphatic carbocycles. The maximum Gasteiger partial charge on any atom is 0.305 e. The molecule has 3 amide bonds. The second-order valence-corrected chi connectivity index (χ2v) is 4.56. The van der Waals surface area contributed by atoms with Gasteiger partial charge in [-0.2, -0.15) is 0 Å². The highest BCUT2D eigenvalue weighted by atomic mass is 16.5. The van der Waals surface area contributed by atoms with Gasteiger partial charge >= 0.3 is 5.97 Å². The summed E-state index contributed by atoms with van der Waals surface area (Å²) < 4.78 is 4.48. The monoisotopic (exact) mass is 290 g/mol. The molecule has 0 spiro atoms. The third-order valence-corrected chi connectivity index (χ3v) is 3.32. The zero-order valence-corrected chi connectivity index (χ0v) is 11.4. The number of esters is 1. The number of amides is 3. The van der Waals surface area contributed by atoms with Gasteiger partial charge in [0.15, 0.2) is 0 Å². The molecule has 2 rings (SSSR count). The number of ether oxygens (including phenoxy) is 1. The van der Waals surface area contributed by atoms with Crippen LogP contribution < -0.4 is 5.73 Å². The van der Waals surface area contributed by atoms with Crippen LogP contribution in [0.25, 0.3) is 0 Å². The minimum Gasteiger partial charge on any atom is -0.469 e. The van der Waals surface area contributed by atoms with Gasteiger partial charge in [0, 0.05) is 6.42 Å². The summed E-state index contributed by atoms with van der Waals surface area (Å²) in [5.74, 6) is -2.54. The summed E-state index contributed by atoms with van der Waals surface area (Å²) in [6, 6.07) is 5.10. The lowest BCUT2D eigenvalue weighted by Gasteiger charge is -2.22. The van der Waals surface area contributed by atoms with Crippen molar-refractivity contribution in [3.63, 3.8) is 0 Å². The molecule has 0 bridgehead atoms. The first-order valence-corrected chi connectivity index (χ1v) is 6.30. The van der Waals surface area contributed by atoms with E-state index in [2.05, 4.69) is 4.74 Å². The Labute approximate surface area is 120 Å². The molecule has 0 saturated carbocycles. The molecule has 110 valence electrons. The Morgan fingerprint density at radius 3 is 2.14 bits per heavy atom. The van der Waals surface area contributed by atoms with Crippen LogP contribution in [-0.4, -0.2) is 41.7 Å². The fourth-order valence-electron chi connectivity index (χ4n) is 2.25. The molecule has 0 unspecified atom stereocenters. The number of imide groups is 1. The first-order valence-electron chi connectivity index (χ1n) is 6.30. The molecule has 7 heteroatoms. The van der Waals surface area contributed by atoms with E-state index in [1.807, 2.05) is 0 Å². The van der Waals surface area contributed by atoms with Gasteiger partial charge < -0.3 is 10.5 Å². The van der Waals surface area contributed by atoms with Crippen LogP contribution in [0.5, 0.6) is 0 Å². The molecule has 2 N–H and O–H groups in total. The fourth-order valence-corrected chi connectivity index (χ4v) is 2.25. The van der Waals surface area contributed by atoms with Crippen LogP contribution in [0.3, 0.4) is 0 Å². The Morgan fingerprint density at radius 2 is 1.71 bits per heavy atom. The fraction of sp³-hybridized carbons (Fsp3) is 0.286. The van der Waals surface area contributed by atoms with E-state index in [9.17, 15) is 19.2 Å². The summed E-state index contributed by atoms with van der Waals surface area (Å²) in [5, 5.41) is 0. The van der Waals surface area contributed by atoms with Crippen molar-refractivity contribution in [2.45, 2.75) is 18.9 Å². The van der Waals surface area contributed by atoms with E-state index >= 15 is 0 Å². The molecule has 1 aliphatic heterocycles. The maximum atomic E-state index is 12.2. The van der Waals surface area contributed by atoms with Crippen molar-refractivity contribution >= 4 is 23.7 Å². The topological polar surface area (TPSA) is 107 Å². The van der Waals surface area contributed by atoms with Crippen LogP contribution in [0, 0.1) is 0 Å². The molecular weight excluding hydrogens is 276 g/mol. The molecule has 1 aromatic rings. The summed E-state index contributed by atoms with van der Waals surface area (Å²) in [6.45, 7) is 0. The van der Waals surface area contributed by atoms with E-state index in [0.717, 1.165) is 4.90 Å². The number of fused-ring (bicyclic) bond motifs is 1. The van der Waals surface area contributed by atoms with Crippen molar-refractivity contribution in [2.75, 3.05) is 7.11 Å². The first kappa shape index (κ1) is 14.7. The predicted molar refractivity (Wildman–Crippen MR) is 71.2 cm³/mol. The highest BCUT2D eigenvalue weighted by molar-refractivity contribution is 6.22. The lowest BCUT2D eigenvalue weighted by Crippen LogP contribution is -2.48. The average molecular weight is 290 g/mol. The van der Waals surface area contributed by atoms with Gasteiger partial charge in [0.2, 0.25) is 5.91 Å². The number of benzene rings is 1. The lowest BCUT2D eigenvalue weighted by atomic mass is 10.1. The molecular formula is C14H14N2O5. The minimum atomic E-state index is -1.17. The van der Waals surface area contributed by atoms with Crippen molar-refractivity contribution in [1.82, 2.24) is 4.90 Å². The van der Waals surface area contributed by atoms with Crippen LogP contribution in [-0.2, 0) is 14.3 Å². The zero-order valence-electron chi connectivity index (χ0n) is 11.4. The predicted octanol–water partition coefficient (Wildman–Crippen LogP) is 0.0897. The highest BCUT2D eigenvalue weighted by Crippen LogP contribution is 2.25. The number of rotatable bonds is 5. The van der Waals surface area contributed by atoms with Gasteiger partial charge in [0.25, 0.3) is 11.8 Å². The number of methoxy groups -OCH3 is 1. The van der Waals surface area contributed by atoms with Gasteiger partial charge in [0.1, 0.15) is 6.04 Å². The average Bonchev–Trinajstić information content (AvgIpc) is 2.72. The summed E-state index contributed by atoms with van der Waals surface area (Å²) in [7, 11) is 1.21. The lowest BCUT2D eigenvalue weighted by molar-refractivity contribution is -0.141. The Bertz CT molecular complexity index is 591. The standard InChI is InChI=1S/C14H14N2O5/c1-21-11(17)7-6-10(12(15)18)16-13(19)8-4-2-3-5-9(8)14(16)20/h2-5,10H,6-7H2,1H3,(H2,15,18)/t10-/m1/s1. The third kappa shape index (κ3) is 2.62. The van der Waals surface area contributed by atoms with Crippen molar-refractivity contribution in [3.05, 3.63) is 35.4 Å². The smallest absolute Gasteiger partial charge is 0.305 e. The number of carbonyl (C=O) groups is 4. The Balaban J connectivity index is 2.27. The molecule has 1 aromatic carbocycles. The minimum absolute atomic E-state index is 0.0620.